The third-order valence-corrected chi connectivity index (χ3v) is 7.42. The number of carbonyl (C=O) groups is 1. The number of amides is 1. The molecule has 2 unspecified atom stereocenters. The molecule has 1 aliphatic heterocycles. The van der Waals surface area contributed by atoms with E-state index in [1.165, 1.54) is 47.9 Å². The lowest BCUT2D eigenvalue weighted by molar-refractivity contribution is 0.0458. The fourth-order valence-electron chi connectivity index (χ4n) is 5.69. The molecule has 3 nitrogen and oxygen atoms in total. The number of rotatable bonds is 5. The average molecular weight is 411 g/mol. The van der Waals surface area contributed by atoms with E-state index in [2.05, 4.69) is 65.6 Å². The van der Waals surface area contributed by atoms with Crippen LogP contribution in [-0.4, -0.2) is 23.4 Å². The molecule has 1 heterocycles. The number of fused-ring (bicyclic) bond motifs is 2. The first-order valence-corrected chi connectivity index (χ1v) is 11.4. The molecule has 3 heteroatoms. The molecule has 2 bridgehead atoms. The number of hydrogen-bond acceptors (Lipinski definition) is 2. The van der Waals surface area contributed by atoms with Gasteiger partial charge in [-0.3, -0.25) is 9.69 Å². The first-order valence-electron chi connectivity index (χ1n) is 11.4. The Labute approximate surface area is 184 Å². The lowest BCUT2D eigenvalue weighted by Crippen LogP contribution is -2.51. The molecule has 158 valence electrons. The number of carbonyl (C=O) groups excluding carboxylic acids is 1. The second-order valence-corrected chi connectivity index (χ2v) is 9.26. The van der Waals surface area contributed by atoms with E-state index in [1.54, 1.807) is 0 Å². The van der Waals surface area contributed by atoms with Crippen LogP contribution in [-0.2, 0) is 12.0 Å². The summed E-state index contributed by atoms with van der Waals surface area (Å²) in [5.41, 5.74) is 11.6. The number of nitrogens with zero attached hydrogens (tertiary/aromatic N) is 1. The van der Waals surface area contributed by atoms with E-state index in [9.17, 15) is 4.79 Å². The quantitative estimate of drug-likeness (QED) is 0.600. The number of benzene rings is 3. The summed E-state index contributed by atoms with van der Waals surface area (Å²) in [6.07, 6.45) is 6.05. The van der Waals surface area contributed by atoms with Crippen LogP contribution in [0.15, 0.2) is 78.9 Å². The van der Waals surface area contributed by atoms with E-state index >= 15 is 0 Å². The minimum Gasteiger partial charge on any atom is -0.366 e. The van der Waals surface area contributed by atoms with Gasteiger partial charge < -0.3 is 5.73 Å². The molecule has 1 saturated heterocycles. The van der Waals surface area contributed by atoms with Crippen molar-refractivity contribution in [2.24, 2.45) is 5.73 Å². The molecule has 2 N–H and O–H groups in total. The van der Waals surface area contributed by atoms with Crippen LogP contribution in [0, 0.1) is 0 Å². The van der Waals surface area contributed by atoms with Crippen LogP contribution in [0.5, 0.6) is 0 Å². The van der Waals surface area contributed by atoms with Gasteiger partial charge >= 0.3 is 0 Å². The normalized spacial score (nSPS) is 23.4. The third kappa shape index (κ3) is 4.03. The monoisotopic (exact) mass is 410 g/mol. The maximum absolute atomic E-state index is 11.7. The maximum Gasteiger partial charge on any atom is 0.248 e. The first-order chi connectivity index (χ1) is 15.1. The molecule has 0 spiro atoms. The highest BCUT2D eigenvalue weighted by atomic mass is 16.1. The Morgan fingerprint density at radius 3 is 2.48 bits per heavy atom. The highest BCUT2D eigenvalue weighted by molar-refractivity contribution is 5.93. The van der Waals surface area contributed by atoms with Crippen molar-refractivity contribution >= 4 is 5.91 Å². The molecular weight excluding hydrogens is 380 g/mol. The zero-order chi connectivity index (χ0) is 21.3. The lowest BCUT2D eigenvalue weighted by Gasteiger charge is -2.51. The second kappa shape index (κ2) is 8.32. The van der Waals surface area contributed by atoms with Gasteiger partial charge in [-0.1, -0.05) is 73.2 Å². The van der Waals surface area contributed by atoms with Crippen LogP contribution >= 0.6 is 0 Å². The Hall–Kier alpha value is -2.91. The standard InChI is InChI=1S/C28H30N2O/c29-27(31)24-8-4-9-25(18-24)28-15-5-10-26(19-28)30(17-16-28)20-21-11-13-23(14-12-21)22-6-2-1-3-7-22/h1-4,6-9,11-14,18,26H,5,10,15-17,19-20H2,(H2,29,31). The smallest absolute Gasteiger partial charge is 0.248 e. The fourth-order valence-corrected chi connectivity index (χ4v) is 5.69. The van der Waals surface area contributed by atoms with E-state index in [4.69, 9.17) is 5.73 Å². The summed E-state index contributed by atoms with van der Waals surface area (Å²) >= 11 is 0. The first kappa shape index (κ1) is 20.0. The predicted molar refractivity (Wildman–Crippen MR) is 126 cm³/mol. The molecule has 3 aromatic carbocycles. The molecule has 5 rings (SSSR count). The van der Waals surface area contributed by atoms with Gasteiger partial charge in [0.2, 0.25) is 5.91 Å². The van der Waals surface area contributed by atoms with Crippen LogP contribution < -0.4 is 5.73 Å². The molecule has 0 radical (unpaired) electrons. The molecule has 1 aliphatic carbocycles. The van der Waals surface area contributed by atoms with Crippen molar-refractivity contribution in [3.8, 4) is 11.1 Å². The molecule has 2 fully saturated rings. The number of hydrogen-bond donors (Lipinski definition) is 1. The van der Waals surface area contributed by atoms with Gasteiger partial charge in [0.15, 0.2) is 0 Å². The minimum atomic E-state index is -0.331. The van der Waals surface area contributed by atoms with Gasteiger partial charge in [0, 0.05) is 18.2 Å². The van der Waals surface area contributed by atoms with E-state index in [-0.39, 0.29) is 11.3 Å². The topological polar surface area (TPSA) is 46.3 Å². The number of nitrogens with two attached hydrogens (primary N) is 1. The highest BCUT2D eigenvalue weighted by Crippen LogP contribution is 2.47. The van der Waals surface area contributed by atoms with Crippen molar-refractivity contribution in [3.63, 3.8) is 0 Å². The van der Waals surface area contributed by atoms with E-state index < -0.39 is 0 Å². The molecule has 2 aliphatic rings. The molecule has 0 aromatic heterocycles. The second-order valence-electron chi connectivity index (χ2n) is 9.26. The molecule has 1 saturated carbocycles. The van der Waals surface area contributed by atoms with E-state index in [1.807, 2.05) is 18.2 Å². The number of piperidine rings is 1. The molecule has 3 aromatic rings. The molecule has 1 amide bonds. The van der Waals surface area contributed by atoms with Gasteiger partial charge in [-0.05, 0) is 72.0 Å². The number of likely N-dealkylation sites (tertiary alicyclic amines) is 1. The highest BCUT2D eigenvalue weighted by Gasteiger charge is 2.43. The SMILES string of the molecule is NC(=O)c1cccc(C23CCCC(C2)N(Cc2ccc(-c4ccccc4)cc2)CC3)c1. The van der Waals surface area contributed by atoms with Crippen LogP contribution in [0.3, 0.4) is 0 Å². The summed E-state index contributed by atoms with van der Waals surface area (Å²) in [6.45, 7) is 2.11. The molecule has 2 atom stereocenters. The van der Waals surface area contributed by atoms with Crippen LogP contribution in [0.1, 0.15) is 53.6 Å². The minimum absolute atomic E-state index is 0.196. The maximum atomic E-state index is 11.7. The van der Waals surface area contributed by atoms with Crippen LogP contribution in [0.2, 0.25) is 0 Å². The summed E-state index contributed by atoms with van der Waals surface area (Å²) in [5, 5.41) is 0. The fraction of sp³-hybridized carbons (Fsp3) is 0.321. The Kier molecular flexibility index (Phi) is 5.37. The summed E-state index contributed by atoms with van der Waals surface area (Å²) in [6, 6.07) is 28.3. The lowest BCUT2D eigenvalue weighted by atomic mass is 9.63. The van der Waals surface area contributed by atoms with Gasteiger partial charge in [0.05, 0.1) is 0 Å². The Bertz CT molecular complexity index is 1060. The van der Waals surface area contributed by atoms with Gasteiger partial charge in [-0.15, -0.1) is 0 Å². The van der Waals surface area contributed by atoms with Crippen molar-refractivity contribution in [2.45, 2.75) is 50.1 Å². The summed E-state index contributed by atoms with van der Waals surface area (Å²) in [5.74, 6) is -0.331. The third-order valence-electron chi connectivity index (χ3n) is 7.42. The van der Waals surface area contributed by atoms with E-state index in [0.717, 1.165) is 19.5 Å². The number of primary amides is 1. The van der Waals surface area contributed by atoms with Gasteiger partial charge in [-0.25, -0.2) is 0 Å². The summed E-state index contributed by atoms with van der Waals surface area (Å²) in [7, 11) is 0. The van der Waals surface area contributed by atoms with Crippen molar-refractivity contribution in [1.82, 2.24) is 4.90 Å². The van der Waals surface area contributed by atoms with Crippen molar-refractivity contribution in [3.05, 3.63) is 95.6 Å². The Morgan fingerprint density at radius 2 is 1.71 bits per heavy atom. The molecule has 31 heavy (non-hydrogen) atoms. The predicted octanol–water partition coefficient (Wildman–Crippen LogP) is 5.54. The zero-order valence-corrected chi connectivity index (χ0v) is 18.0. The average Bonchev–Trinajstić information content (AvgIpc) is 2.82. The largest absolute Gasteiger partial charge is 0.366 e. The van der Waals surface area contributed by atoms with Crippen LogP contribution in [0.25, 0.3) is 11.1 Å². The van der Waals surface area contributed by atoms with Crippen LogP contribution in [0.4, 0.5) is 0 Å². The van der Waals surface area contributed by atoms with Crippen molar-refractivity contribution in [2.75, 3.05) is 6.54 Å². The zero-order valence-electron chi connectivity index (χ0n) is 18.0. The van der Waals surface area contributed by atoms with E-state index in [0.29, 0.717) is 11.6 Å². The van der Waals surface area contributed by atoms with Crippen molar-refractivity contribution < 1.29 is 4.79 Å². The van der Waals surface area contributed by atoms with Gasteiger partial charge in [-0.2, -0.15) is 0 Å². The Balaban J connectivity index is 1.31. The van der Waals surface area contributed by atoms with Gasteiger partial charge in [0.1, 0.15) is 0 Å². The van der Waals surface area contributed by atoms with Crippen molar-refractivity contribution in [1.29, 1.82) is 0 Å². The summed E-state index contributed by atoms with van der Waals surface area (Å²) < 4.78 is 0. The summed E-state index contributed by atoms with van der Waals surface area (Å²) in [4.78, 5) is 14.4. The Morgan fingerprint density at radius 1 is 0.935 bits per heavy atom. The van der Waals surface area contributed by atoms with Gasteiger partial charge in [0.25, 0.3) is 0 Å². The molecular formula is C28H30N2O.